The van der Waals surface area contributed by atoms with Crippen LogP contribution in [0.4, 0.5) is 0 Å². The van der Waals surface area contributed by atoms with Crippen molar-refractivity contribution in [3.8, 4) is 6.07 Å². The Morgan fingerprint density at radius 1 is 1.64 bits per heavy atom. The summed E-state index contributed by atoms with van der Waals surface area (Å²) in [5.74, 6) is -0.0227. The van der Waals surface area contributed by atoms with Gasteiger partial charge in [-0.25, -0.2) is 0 Å². The van der Waals surface area contributed by atoms with Crippen molar-refractivity contribution < 1.29 is 4.79 Å². The molecule has 0 spiro atoms. The molecule has 1 amide bonds. The van der Waals surface area contributed by atoms with Gasteiger partial charge in [0.05, 0.1) is 12.6 Å². The molecule has 0 fully saturated rings. The number of likely N-dealkylation sites (N-methyl/N-ethyl adjacent to an activating group) is 1. The van der Waals surface area contributed by atoms with Crippen molar-refractivity contribution in [2.75, 3.05) is 19.6 Å². The van der Waals surface area contributed by atoms with E-state index in [2.05, 4.69) is 10.6 Å². The minimum atomic E-state index is -0.0227. The molecule has 0 unspecified atom stereocenters. The first kappa shape index (κ1) is 9.92. The SMILES string of the molecule is CCNC(=O)CNCCC#N. The Kier molecular flexibility index (Phi) is 6.34. The zero-order chi connectivity index (χ0) is 8.53. The Morgan fingerprint density at radius 3 is 2.91 bits per heavy atom. The van der Waals surface area contributed by atoms with Crippen LogP contribution in [-0.2, 0) is 4.79 Å². The summed E-state index contributed by atoms with van der Waals surface area (Å²) in [6.45, 7) is 3.40. The number of nitrogens with zero attached hydrogens (tertiary/aromatic N) is 1. The van der Waals surface area contributed by atoms with Gasteiger partial charge in [-0.1, -0.05) is 0 Å². The van der Waals surface area contributed by atoms with Gasteiger partial charge in [0.15, 0.2) is 0 Å². The molecule has 0 atom stereocenters. The van der Waals surface area contributed by atoms with E-state index in [1.54, 1.807) is 0 Å². The molecule has 4 heteroatoms. The van der Waals surface area contributed by atoms with Crippen LogP contribution >= 0.6 is 0 Å². The lowest BCUT2D eigenvalue weighted by atomic mass is 10.4. The van der Waals surface area contributed by atoms with Gasteiger partial charge in [0, 0.05) is 19.5 Å². The maximum Gasteiger partial charge on any atom is 0.233 e. The number of hydrogen-bond acceptors (Lipinski definition) is 3. The number of amides is 1. The number of nitrogens with one attached hydrogen (secondary N) is 2. The van der Waals surface area contributed by atoms with Crippen LogP contribution in [0.25, 0.3) is 0 Å². The number of rotatable bonds is 5. The monoisotopic (exact) mass is 155 g/mol. The lowest BCUT2D eigenvalue weighted by molar-refractivity contribution is -0.120. The van der Waals surface area contributed by atoms with Crippen LogP contribution in [0, 0.1) is 11.3 Å². The van der Waals surface area contributed by atoms with Gasteiger partial charge in [0.1, 0.15) is 0 Å². The summed E-state index contributed by atoms with van der Waals surface area (Å²) in [7, 11) is 0. The first-order valence-corrected chi connectivity index (χ1v) is 3.65. The molecule has 2 N–H and O–H groups in total. The third-order valence-corrected chi connectivity index (χ3v) is 1.07. The first-order valence-electron chi connectivity index (χ1n) is 3.65. The molecular formula is C7H13N3O. The fourth-order valence-corrected chi connectivity index (χ4v) is 0.606. The van der Waals surface area contributed by atoms with E-state index in [4.69, 9.17) is 5.26 Å². The molecule has 0 radical (unpaired) electrons. The van der Waals surface area contributed by atoms with Crippen LogP contribution in [0.1, 0.15) is 13.3 Å². The molecule has 0 aliphatic rings. The summed E-state index contributed by atoms with van der Waals surface area (Å²) < 4.78 is 0. The zero-order valence-electron chi connectivity index (χ0n) is 6.68. The third-order valence-electron chi connectivity index (χ3n) is 1.07. The number of carbonyl (C=O) groups excluding carboxylic acids is 1. The molecule has 0 rings (SSSR count). The minimum Gasteiger partial charge on any atom is -0.355 e. The third kappa shape index (κ3) is 6.81. The Bertz CT molecular complexity index is 150. The average Bonchev–Trinajstić information content (AvgIpc) is 1.99. The number of hydrogen-bond donors (Lipinski definition) is 2. The van der Waals surface area contributed by atoms with Crippen molar-refractivity contribution in [1.82, 2.24) is 10.6 Å². The highest BCUT2D eigenvalue weighted by atomic mass is 16.1. The maximum atomic E-state index is 10.7. The topological polar surface area (TPSA) is 64.9 Å². The molecule has 11 heavy (non-hydrogen) atoms. The summed E-state index contributed by atoms with van der Waals surface area (Å²) in [4.78, 5) is 10.7. The minimum absolute atomic E-state index is 0.0227. The van der Waals surface area contributed by atoms with E-state index in [1.807, 2.05) is 13.0 Å². The van der Waals surface area contributed by atoms with E-state index in [0.29, 0.717) is 26.1 Å². The Balaban J connectivity index is 3.12. The predicted molar refractivity (Wildman–Crippen MR) is 41.8 cm³/mol. The highest BCUT2D eigenvalue weighted by molar-refractivity contribution is 5.77. The van der Waals surface area contributed by atoms with Crippen LogP contribution in [0.5, 0.6) is 0 Å². The molecule has 62 valence electrons. The molecule has 0 aromatic rings. The molecule has 0 saturated carbocycles. The van der Waals surface area contributed by atoms with Crippen molar-refractivity contribution in [2.24, 2.45) is 0 Å². The van der Waals surface area contributed by atoms with Gasteiger partial charge in [-0.05, 0) is 6.92 Å². The van der Waals surface area contributed by atoms with Crippen LogP contribution < -0.4 is 10.6 Å². The summed E-state index contributed by atoms with van der Waals surface area (Å²) >= 11 is 0. The van der Waals surface area contributed by atoms with Gasteiger partial charge in [0.2, 0.25) is 5.91 Å². The molecule has 0 aromatic heterocycles. The van der Waals surface area contributed by atoms with Crippen LogP contribution in [0.3, 0.4) is 0 Å². The van der Waals surface area contributed by atoms with Crippen molar-refractivity contribution >= 4 is 5.91 Å². The quantitative estimate of drug-likeness (QED) is 0.532. The second-order valence-electron chi connectivity index (χ2n) is 2.04. The highest BCUT2D eigenvalue weighted by Gasteiger charge is 1.95. The summed E-state index contributed by atoms with van der Waals surface area (Å²) in [5.41, 5.74) is 0. The van der Waals surface area contributed by atoms with E-state index in [1.165, 1.54) is 0 Å². The van der Waals surface area contributed by atoms with Gasteiger partial charge in [-0.15, -0.1) is 0 Å². The fourth-order valence-electron chi connectivity index (χ4n) is 0.606. The molecular weight excluding hydrogens is 142 g/mol. The number of nitriles is 1. The smallest absolute Gasteiger partial charge is 0.233 e. The number of carbonyl (C=O) groups is 1. The van der Waals surface area contributed by atoms with E-state index in [-0.39, 0.29) is 5.91 Å². The molecule has 0 aliphatic heterocycles. The largest absolute Gasteiger partial charge is 0.355 e. The van der Waals surface area contributed by atoms with Gasteiger partial charge in [-0.3, -0.25) is 4.79 Å². The van der Waals surface area contributed by atoms with Crippen LogP contribution in [-0.4, -0.2) is 25.5 Å². The van der Waals surface area contributed by atoms with Crippen molar-refractivity contribution in [3.63, 3.8) is 0 Å². The second kappa shape index (κ2) is 7.03. The molecule has 0 aromatic carbocycles. The summed E-state index contributed by atoms with van der Waals surface area (Å²) in [5, 5.41) is 13.6. The van der Waals surface area contributed by atoms with Crippen molar-refractivity contribution in [2.45, 2.75) is 13.3 Å². The fraction of sp³-hybridized carbons (Fsp3) is 0.714. The Hall–Kier alpha value is -1.08. The highest BCUT2D eigenvalue weighted by Crippen LogP contribution is 1.69. The summed E-state index contributed by atoms with van der Waals surface area (Å²) in [6.07, 6.45) is 0.444. The second-order valence-corrected chi connectivity index (χ2v) is 2.04. The van der Waals surface area contributed by atoms with Gasteiger partial charge >= 0.3 is 0 Å². The normalized spacial score (nSPS) is 8.73. The predicted octanol–water partition coefficient (Wildman–Crippen LogP) is -0.374. The average molecular weight is 155 g/mol. The van der Waals surface area contributed by atoms with E-state index in [9.17, 15) is 4.79 Å². The van der Waals surface area contributed by atoms with E-state index < -0.39 is 0 Å². The molecule has 0 saturated heterocycles. The Morgan fingerprint density at radius 2 is 2.36 bits per heavy atom. The summed E-state index contributed by atoms with van der Waals surface area (Å²) in [6, 6.07) is 1.98. The van der Waals surface area contributed by atoms with E-state index in [0.717, 1.165) is 0 Å². The van der Waals surface area contributed by atoms with Crippen LogP contribution in [0.2, 0.25) is 0 Å². The lowest BCUT2D eigenvalue weighted by Gasteiger charge is -2.01. The van der Waals surface area contributed by atoms with Crippen molar-refractivity contribution in [1.29, 1.82) is 5.26 Å². The van der Waals surface area contributed by atoms with Crippen molar-refractivity contribution in [3.05, 3.63) is 0 Å². The molecule has 0 bridgehead atoms. The van der Waals surface area contributed by atoms with Gasteiger partial charge in [0.25, 0.3) is 0 Å². The van der Waals surface area contributed by atoms with Crippen LogP contribution in [0.15, 0.2) is 0 Å². The molecule has 0 aliphatic carbocycles. The standard InChI is InChI=1S/C7H13N3O/c1-2-10-7(11)6-9-5-3-4-8/h9H,2-3,5-6H2,1H3,(H,10,11). The van der Waals surface area contributed by atoms with E-state index >= 15 is 0 Å². The molecule has 4 nitrogen and oxygen atoms in total. The lowest BCUT2D eigenvalue weighted by Crippen LogP contribution is -2.33. The van der Waals surface area contributed by atoms with Gasteiger partial charge < -0.3 is 10.6 Å². The first-order chi connectivity index (χ1) is 5.31. The zero-order valence-corrected chi connectivity index (χ0v) is 6.68. The maximum absolute atomic E-state index is 10.7. The Labute approximate surface area is 66.6 Å². The molecule has 0 heterocycles. The van der Waals surface area contributed by atoms with Gasteiger partial charge in [-0.2, -0.15) is 5.26 Å².